The second-order valence-electron chi connectivity index (χ2n) is 4.54. The van der Waals surface area contributed by atoms with Crippen molar-refractivity contribution in [3.63, 3.8) is 0 Å². The Bertz CT molecular complexity index is 721. The lowest BCUT2D eigenvalue weighted by molar-refractivity contribution is -0.114. The van der Waals surface area contributed by atoms with Gasteiger partial charge in [-0.15, -0.1) is 11.8 Å². The predicted molar refractivity (Wildman–Crippen MR) is 82.2 cm³/mol. The molecule has 122 valence electrons. The van der Waals surface area contributed by atoms with Gasteiger partial charge in [-0.25, -0.2) is 8.78 Å². The SMILES string of the molecule is Cc1cc(NC(=O)CSCC(=O)Nc2ccc(F)cc2F)no1. The average molecular weight is 341 g/mol. The number of aromatic nitrogens is 1. The molecule has 0 radical (unpaired) electrons. The Morgan fingerprint density at radius 1 is 1.17 bits per heavy atom. The molecule has 0 saturated carbocycles. The third kappa shape index (κ3) is 5.37. The minimum atomic E-state index is -0.859. The molecule has 9 heteroatoms. The molecule has 0 saturated heterocycles. The number of rotatable bonds is 6. The Kier molecular flexibility index (Phi) is 5.69. The van der Waals surface area contributed by atoms with Crippen LogP contribution in [-0.2, 0) is 9.59 Å². The summed E-state index contributed by atoms with van der Waals surface area (Å²) in [5.74, 6) is -1.60. The molecule has 0 aliphatic heterocycles. The highest BCUT2D eigenvalue weighted by molar-refractivity contribution is 8.00. The highest BCUT2D eigenvalue weighted by Gasteiger charge is 2.10. The normalized spacial score (nSPS) is 10.4. The predicted octanol–water partition coefficient (Wildman–Crippen LogP) is 2.57. The van der Waals surface area contributed by atoms with Crippen LogP contribution in [0.3, 0.4) is 0 Å². The molecule has 0 bridgehead atoms. The first kappa shape index (κ1) is 16.9. The summed E-state index contributed by atoms with van der Waals surface area (Å²) in [7, 11) is 0. The van der Waals surface area contributed by atoms with Gasteiger partial charge in [0.05, 0.1) is 17.2 Å². The Balaban J connectivity index is 1.73. The van der Waals surface area contributed by atoms with Crippen LogP contribution in [0.5, 0.6) is 0 Å². The molecule has 0 spiro atoms. The quantitative estimate of drug-likeness (QED) is 0.844. The number of nitrogens with one attached hydrogen (secondary N) is 2. The topological polar surface area (TPSA) is 84.2 Å². The van der Waals surface area contributed by atoms with E-state index >= 15 is 0 Å². The summed E-state index contributed by atoms with van der Waals surface area (Å²) < 4.78 is 30.9. The molecule has 23 heavy (non-hydrogen) atoms. The van der Waals surface area contributed by atoms with Gasteiger partial charge in [-0.3, -0.25) is 9.59 Å². The van der Waals surface area contributed by atoms with Crippen LogP contribution in [0.25, 0.3) is 0 Å². The summed E-state index contributed by atoms with van der Waals surface area (Å²) >= 11 is 1.04. The fraction of sp³-hybridized carbons (Fsp3) is 0.214. The second kappa shape index (κ2) is 7.73. The van der Waals surface area contributed by atoms with E-state index in [1.165, 1.54) is 0 Å². The number of anilines is 2. The maximum Gasteiger partial charge on any atom is 0.235 e. The van der Waals surface area contributed by atoms with Gasteiger partial charge in [0.25, 0.3) is 0 Å². The molecule has 0 fully saturated rings. The molecule has 0 unspecified atom stereocenters. The summed E-state index contributed by atoms with van der Waals surface area (Å²) in [4.78, 5) is 23.2. The Hall–Kier alpha value is -2.42. The molecule has 1 heterocycles. The lowest BCUT2D eigenvalue weighted by Crippen LogP contribution is -2.19. The highest BCUT2D eigenvalue weighted by Crippen LogP contribution is 2.15. The molecule has 1 aromatic heterocycles. The number of aryl methyl sites for hydroxylation is 1. The molecule has 2 aromatic rings. The number of hydrogen-bond donors (Lipinski definition) is 2. The fourth-order valence-electron chi connectivity index (χ4n) is 1.62. The van der Waals surface area contributed by atoms with E-state index in [2.05, 4.69) is 15.8 Å². The summed E-state index contributed by atoms with van der Waals surface area (Å²) in [5, 5.41) is 8.41. The maximum atomic E-state index is 13.4. The first-order valence-corrected chi connectivity index (χ1v) is 7.65. The zero-order valence-corrected chi connectivity index (χ0v) is 12.9. The van der Waals surface area contributed by atoms with Crippen molar-refractivity contribution < 1.29 is 22.9 Å². The van der Waals surface area contributed by atoms with Gasteiger partial charge in [-0.1, -0.05) is 5.16 Å². The van der Waals surface area contributed by atoms with Crippen molar-refractivity contribution in [2.45, 2.75) is 6.92 Å². The molecular formula is C14H13F2N3O3S. The van der Waals surface area contributed by atoms with Crippen molar-refractivity contribution in [2.24, 2.45) is 0 Å². The van der Waals surface area contributed by atoms with E-state index < -0.39 is 17.5 Å². The molecule has 2 N–H and O–H groups in total. The number of carbonyl (C=O) groups excluding carboxylic acids is 2. The van der Waals surface area contributed by atoms with Crippen molar-refractivity contribution in [1.29, 1.82) is 0 Å². The van der Waals surface area contributed by atoms with Crippen LogP contribution < -0.4 is 10.6 Å². The average Bonchev–Trinajstić information content (AvgIpc) is 2.87. The standard InChI is InChI=1S/C14H13F2N3O3S/c1-8-4-12(19-22-8)18-14(21)7-23-6-13(20)17-11-3-2-9(15)5-10(11)16/h2-5H,6-7H2,1H3,(H,17,20)(H,18,19,21). The molecule has 0 aliphatic rings. The van der Waals surface area contributed by atoms with E-state index in [1.807, 2.05) is 0 Å². The minimum Gasteiger partial charge on any atom is -0.360 e. The maximum absolute atomic E-state index is 13.4. The number of nitrogens with zero attached hydrogens (tertiary/aromatic N) is 1. The van der Waals surface area contributed by atoms with Gasteiger partial charge >= 0.3 is 0 Å². The Labute approximate surface area is 134 Å². The van der Waals surface area contributed by atoms with Gasteiger partial charge in [0.1, 0.15) is 17.4 Å². The molecule has 1 aromatic carbocycles. The van der Waals surface area contributed by atoms with Crippen LogP contribution in [0.2, 0.25) is 0 Å². The zero-order chi connectivity index (χ0) is 16.8. The second-order valence-corrected chi connectivity index (χ2v) is 5.52. The van der Waals surface area contributed by atoms with E-state index in [0.29, 0.717) is 17.6 Å². The molecular weight excluding hydrogens is 328 g/mol. The van der Waals surface area contributed by atoms with E-state index in [1.54, 1.807) is 13.0 Å². The minimum absolute atomic E-state index is 0.0191. The van der Waals surface area contributed by atoms with Gasteiger partial charge < -0.3 is 15.2 Å². The number of halogens is 2. The van der Waals surface area contributed by atoms with Crippen LogP contribution in [0.1, 0.15) is 5.76 Å². The van der Waals surface area contributed by atoms with Gasteiger partial charge in [0.2, 0.25) is 11.8 Å². The summed E-state index contributed by atoms with van der Waals surface area (Å²) in [5.41, 5.74) is -0.112. The van der Waals surface area contributed by atoms with Crippen LogP contribution in [0, 0.1) is 18.6 Å². The summed E-state index contributed by atoms with van der Waals surface area (Å²) in [6.07, 6.45) is 0. The zero-order valence-electron chi connectivity index (χ0n) is 12.1. The van der Waals surface area contributed by atoms with Crippen molar-refractivity contribution >= 4 is 35.1 Å². The number of hydrogen-bond acceptors (Lipinski definition) is 5. The van der Waals surface area contributed by atoms with E-state index in [-0.39, 0.29) is 23.1 Å². The summed E-state index contributed by atoms with van der Waals surface area (Å²) in [6.45, 7) is 1.69. The Morgan fingerprint density at radius 2 is 1.87 bits per heavy atom. The lowest BCUT2D eigenvalue weighted by Gasteiger charge is -2.06. The molecule has 2 amide bonds. The third-order valence-electron chi connectivity index (χ3n) is 2.57. The summed E-state index contributed by atoms with van der Waals surface area (Å²) in [6, 6.07) is 4.41. The first-order valence-electron chi connectivity index (χ1n) is 6.50. The molecule has 6 nitrogen and oxygen atoms in total. The van der Waals surface area contributed by atoms with E-state index in [9.17, 15) is 18.4 Å². The van der Waals surface area contributed by atoms with Gasteiger partial charge in [-0.2, -0.15) is 0 Å². The van der Waals surface area contributed by atoms with Crippen molar-refractivity contribution in [3.05, 3.63) is 41.7 Å². The lowest BCUT2D eigenvalue weighted by atomic mass is 10.3. The third-order valence-corrected chi connectivity index (χ3v) is 3.50. The monoisotopic (exact) mass is 341 g/mol. The Morgan fingerprint density at radius 3 is 2.48 bits per heavy atom. The molecule has 0 aliphatic carbocycles. The molecule has 0 atom stereocenters. The smallest absolute Gasteiger partial charge is 0.235 e. The molecule has 2 rings (SSSR count). The van der Waals surface area contributed by atoms with Crippen molar-refractivity contribution in [2.75, 3.05) is 22.1 Å². The van der Waals surface area contributed by atoms with E-state index in [0.717, 1.165) is 23.9 Å². The number of thioether (sulfide) groups is 1. The largest absolute Gasteiger partial charge is 0.360 e. The number of amides is 2. The van der Waals surface area contributed by atoms with Crippen molar-refractivity contribution in [3.8, 4) is 0 Å². The van der Waals surface area contributed by atoms with Gasteiger partial charge in [-0.05, 0) is 19.1 Å². The van der Waals surface area contributed by atoms with Crippen LogP contribution in [0.4, 0.5) is 20.3 Å². The van der Waals surface area contributed by atoms with Gasteiger partial charge in [0.15, 0.2) is 5.82 Å². The van der Waals surface area contributed by atoms with E-state index in [4.69, 9.17) is 4.52 Å². The first-order chi connectivity index (χ1) is 10.9. The van der Waals surface area contributed by atoms with Crippen LogP contribution in [-0.4, -0.2) is 28.5 Å². The fourth-order valence-corrected chi connectivity index (χ4v) is 2.23. The highest BCUT2D eigenvalue weighted by atomic mass is 32.2. The van der Waals surface area contributed by atoms with Crippen molar-refractivity contribution in [1.82, 2.24) is 5.16 Å². The van der Waals surface area contributed by atoms with Gasteiger partial charge in [0, 0.05) is 12.1 Å². The number of carbonyl (C=O) groups is 2. The van der Waals surface area contributed by atoms with Crippen LogP contribution in [0.15, 0.2) is 28.8 Å². The van der Waals surface area contributed by atoms with Crippen LogP contribution >= 0.6 is 11.8 Å². The number of benzene rings is 1.